The fraction of sp³-hybridized carbons (Fsp3) is 0.217. The molecule has 1 fully saturated rings. The van der Waals surface area contributed by atoms with E-state index in [0.717, 1.165) is 17.0 Å². The van der Waals surface area contributed by atoms with Crippen LogP contribution in [-0.4, -0.2) is 67.4 Å². The lowest BCUT2D eigenvalue weighted by atomic mass is 10.0. The Morgan fingerprint density at radius 2 is 1.73 bits per heavy atom. The van der Waals surface area contributed by atoms with Crippen LogP contribution >= 0.6 is 15.9 Å². The summed E-state index contributed by atoms with van der Waals surface area (Å²) in [7, 11) is -4.71. The molecule has 2 amide bonds. The van der Waals surface area contributed by atoms with Crippen molar-refractivity contribution in [3.8, 4) is 0 Å². The van der Waals surface area contributed by atoms with Crippen molar-refractivity contribution in [3.05, 3.63) is 69.8 Å². The summed E-state index contributed by atoms with van der Waals surface area (Å²) in [5.74, 6) is -4.13. The molecule has 12 nitrogen and oxygen atoms in total. The summed E-state index contributed by atoms with van der Waals surface area (Å²) >= 11 is 3.26. The zero-order chi connectivity index (χ0) is 26.9. The number of azo groups is 1. The first kappa shape index (κ1) is 26.3. The maximum atomic E-state index is 13.1. The molecule has 0 spiro atoms. The van der Waals surface area contributed by atoms with Crippen molar-refractivity contribution in [1.29, 1.82) is 0 Å². The van der Waals surface area contributed by atoms with Crippen molar-refractivity contribution in [2.75, 3.05) is 13.1 Å². The highest BCUT2D eigenvalue weighted by atomic mass is 79.9. The standard InChI is InChI=1S/C23H19BrN4O8S/c1-12-17(20(29)27-26-12)13-4-8-16(9-5-13)37(34,35)36-23(33)19-18(22(31)32)25-10-11-28(19)21(30)14-2-6-15(24)7-3-14/h2-9,18-19,25H,10-11H2,1H3,(H,31,32). The molecule has 2 atom stereocenters. The lowest BCUT2D eigenvalue weighted by Gasteiger charge is -2.38. The van der Waals surface area contributed by atoms with E-state index in [1.807, 2.05) is 0 Å². The van der Waals surface area contributed by atoms with Gasteiger partial charge in [-0.3, -0.25) is 14.4 Å². The molecule has 1 saturated heterocycles. The van der Waals surface area contributed by atoms with E-state index in [4.69, 9.17) is 4.18 Å². The number of nitrogens with one attached hydrogen (secondary N) is 1. The molecule has 37 heavy (non-hydrogen) atoms. The van der Waals surface area contributed by atoms with Crippen molar-refractivity contribution in [3.63, 3.8) is 0 Å². The van der Waals surface area contributed by atoms with Gasteiger partial charge in [-0.05, 0) is 48.9 Å². The average Bonchev–Trinajstić information content (AvgIpc) is 3.21. The second-order valence-corrected chi connectivity index (χ2v) is 10.5. The van der Waals surface area contributed by atoms with Crippen LogP contribution in [-0.2, 0) is 28.7 Å². The Balaban J connectivity index is 1.60. The number of aliphatic carboxylic acids is 1. The van der Waals surface area contributed by atoms with Gasteiger partial charge in [0.15, 0.2) is 6.04 Å². The molecule has 2 heterocycles. The van der Waals surface area contributed by atoms with E-state index in [-0.39, 0.29) is 24.2 Å². The van der Waals surface area contributed by atoms with Crippen molar-refractivity contribution < 1.29 is 36.9 Å². The summed E-state index contributed by atoms with van der Waals surface area (Å²) < 4.78 is 31.2. The summed E-state index contributed by atoms with van der Waals surface area (Å²) in [6.07, 6.45) is 0. The third kappa shape index (κ3) is 5.35. The highest BCUT2D eigenvalue weighted by Crippen LogP contribution is 2.28. The Labute approximate surface area is 219 Å². The average molecular weight is 591 g/mol. The summed E-state index contributed by atoms with van der Waals surface area (Å²) in [6.45, 7) is 1.57. The molecular weight excluding hydrogens is 572 g/mol. The van der Waals surface area contributed by atoms with E-state index >= 15 is 0 Å². The van der Waals surface area contributed by atoms with Crippen LogP contribution in [0.3, 0.4) is 0 Å². The van der Waals surface area contributed by atoms with Gasteiger partial charge in [0.25, 0.3) is 11.8 Å². The number of benzene rings is 2. The molecule has 192 valence electrons. The van der Waals surface area contributed by atoms with Gasteiger partial charge in [-0.15, -0.1) is 5.11 Å². The highest BCUT2D eigenvalue weighted by molar-refractivity contribution is 9.10. The first-order chi connectivity index (χ1) is 17.5. The summed E-state index contributed by atoms with van der Waals surface area (Å²) in [5.41, 5.74) is 1.12. The molecule has 0 aliphatic carbocycles. The second kappa shape index (κ2) is 10.3. The minimum atomic E-state index is -4.71. The van der Waals surface area contributed by atoms with E-state index in [0.29, 0.717) is 15.7 Å². The van der Waals surface area contributed by atoms with E-state index in [2.05, 4.69) is 31.5 Å². The number of carboxylic acid groups (broad SMARTS) is 1. The zero-order valence-electron chi connectivity index (χ0n) is 19.1. The number of hydrogen-bond acceptors (Lipinski definition) is 9. The molecule has 2 aromatic carbocycles. The Bertz CT molecular complexity index is 1450. The normalized spacial score (nSPS) is 19.7. The highest BCUT2D eigenvalue weighted by Gasteiger charge is 2.46. The fourth-order valence-corrected chi connectivity index (χ4v) is 5.09. The van der Waals surface area contributed by atoms with Crippen LogP contribution < -0.4 is 5.32 Å². The predicted molar refractivity (Wildman–Crippen MR) is 131 cm³/mol. The number of piperazine rings is 1. The maximum Gasteiger partial charge on any atom is 0.347 e. The van der Waals surface area contributed by atoms with Gasteiger partial charge in [0.05, 0.1) is 11.3 Å². The molecule has 0 saturated carbocycles. The number of amides is 2. The summed E-state index contributed by atoms with van der Waals surface area (Å²) in [5, 5.41) is 19.4. The van der Waals surface area contributed by atoms with Gasteiger partial charge in [0.1, 0.15) is 10.9 Å². The van der Waals surface area contributed by atoms with Gasteiger partial charge in [-0.1, -0.05) is 28.1 Å². The lowest BCUT2D eigenvalue weighted by Crippen LogP contribution is -2.65. The Kier molecular flexibility index (Phi) is 7.34. The van der Waals surface area contributed by atoms with E-state index in [1.165, 1.54) is 24.3 Å². The summed E-state index contributed by atoms with van der Waals surface area (Å²) in [4.78, 5) is 50.5. The third-order valence-corrected chi connectivity index (χ3v) is 7.48. The minimum Gasteiger partial charge on any atom is -0.480 e. The fourth-order valence-electron chi connectivity index (χ4n) is 3.94. The van der Waals surface area contributed by atoms with Crippen LogP contribution in [0.25, 0.3) is 5.57 Å². The number of nitrogens with zero attached hydrogens (tertiary/aromatic N) is 3. The molecule has 2 aromatic rings. The van der Waals surface area contributed by atoms with Crippen LogP contribution in [0.15, 0.2) is 73.8 Å². The van der Waals surface area contributed by atoms with Gasteiger partial charge >= 0.3 is 22.1 Å². The molecule has 0 bridgehead atoms. The number of rotatable bonds is 6. The number of carboxylic acids is 1. The van der Waals surface area contributed by atoms with Crippen molar-refractivity contribution in [2.24, 2.45) is 10.2 Å². The minimum absolute atomic E-state index is 0.0593. The van der Waals surface area contributed by atoms with Gasteiger partial charge in [0.2, 0.25) is 0 Å². The quantitative estimate of drug-likeness (QED) is 0.477. The van der Waals surface area contributed by atoms with Crippen LogP contribution in [0.1, 0.15) is 22.8 Å². The van der Waals surface area contributed by atoms with Crippen molar-refractivity contribution in [2.45, 2.75) is 23.9 Å². The molecule has 2 aliphatic rings. The third-order valence-electron chi connectivity index (χ3n) is 5.72. The first-order valence-electron chi connectivity index (χ1n) is 10.8. The SMILES string of the molecule is CC1=C(c2ccc(S(=O)(=O)OC(=O)C3C(C(=O)O)NCCN3C(=O)c3ccc(Br)cc3)cc2)C(=O)N=N1. The van der Waals surface area contributed by atoms with Crippen LogP contribution in [0.5, 0.6) is 0 Å². The topological polar surface area (TPSA) is 172 Å². The van der Waals surface area contributed by atoms with E-state index < -0.39 is 50.9 Å². The molecule has 2 unspecified atom stereocenters. The van der Waals surface area contributed by atoms with Crippen LogP contribution in [0, 0.1) is 0 Å². The van der Waals surface area contributed by atoms with Gasteiger partial charge in [0, 0.05) is 23.1 Å². The van der Waals surface area contributed by atoms with Gasteiger partial charge in [-0.25, -0.2) is 4.79 Å². The molecule has 2 N–H and O–H groups in total. The summed E-state index contributed by atoms with van der Waals surface area (Å²) in [6, 6.07) is 7.73. The lowest BCUT2D eigenvalue weighted by molar-refractivity contribution is -0.151. The molecule has 4 rings (SSSR count). The van der Waals surface area contributed by atoms with Crippen molar-refractivity contribution in [1.82, 2.24) is 10.2 Å². The van der Waals surface area contributed by atoms with E-state index in [9.17, 15) is 32.7 Å². The first-order valence-corrected chi connectivity index (χ1v) is 13.0. The number of carbonyl (C=O) groups is 4. The molecule has 0 aromatic heterocycles. The number of hydrogen-bond donors (Lipinski definition) is 2. The number of allylic oxidation sites excluding steroid dienone is 1. The van der Waals surface area contributed by atoms with Crippen molar-refractivity contribution >= 4 is 55.4 Å². The monoisotopic (exact) mass is 590 g/mol. The zero-order valence-corrected chi connectivity index (χ0v) is 21.5. The van der Waals surface area contributed by atoms with E-state index in [1.54, 1.807) is 19.1 Å². The maximum absolute atomic E-state index is 13.1. The number of carbonyl (C=O) groups excluding carboxylic acids is 3. The Morgan fingerprint density at radius 1 is 1.08 bits per heavy atom. The van der Waals surface area contributed by atoms with Crippen LogP contribution in [0.4, 0.5) is 0 Å². The van der Waals surface area contributed by atoms with Gasteiger partial charge in [-0.2, -0.15) is 13.5 Å². The second-order valence-electron chi connectivity index (χ2n) is 8.07. The molecule has 0 radical (unpaired) electrons. The Hall–Kier alpha value is -3.75. The predicted octanol–water partition coefficient (Wildman–Crippen LogP) is 1.97. The Morgan fingerprint density at radius 3 is 2.30 bits per heavy atom. The molecule has 14 heteroatoms. The largest absolute Gasteiger partial charge is 0.480 e. The molecule has 2 aliphatic heterocycles. The van der Waals surface area contributed by atoms with Crippen LogP contribution in [0.2, 0.25) is 0 Å². The smallest absolute Gasteiger partial charge is 0.347 e. The van der Waals surface area contributed by atoms with Gasteiger partial charge < -0.3 is 19.5 Å². The number of halogens is 1. The molecular formula is C23H19BrN4O8S.